The number of carbonyl (C=O) groups is 2. The first-order chi connectivity index (χ1) is 13.1. The molecule has 0 radical (unpaired) electrons. The summed E-state index contributed by atoms with van der Waals surface area (Å²) in [6, 6.07) is 19.0. The number of esters is 1. The Labute approximate surface area is 160 Å². The minimum Gasteiger partial charge on any atom is -0.478 e. The third-order valence-electron chi connectivity index (χ3n) is 3.42. The lowest BCUT2D eigenvalue weighted by atomic mass is 10.2. The highest BCUT2D eigenvalue weighted by Gasteiger charge is 1.95. The summed E-state index contributed by atoms with van der Waals surface area (Å²) >= 11 is 0. The summed E-state index contributed by atoms with van der Waals surface area (Å²) in [5, 5.41) is 8.29. The smallest absolute Gasteiger partial charge is 0.330 e. The van der Waals surface area contributed by atoms with E-state index in [0.29, 0.717) is 6.61 Å². The predicted octanol–water partition coefficient (Wildman–Crippen LogP) is 5.22. The number of benzene rings is 2. The van der Waals surface area contributed by atoms with Crippen LogP contribution in [0.3, 0.4) is 0 Å². The zero-order valence-electron chi connectivity index (χ0n) is 15.6. The topological polar surface area (TPSA) is 63.6 Å². The van der Waals surface area contributed by atoms with E-state index in [4.69, 9.17) is 9.84 Å². The van der Waals surface area contributed by atoms with Crippen LogP contribution in [0.1, 0.15) is 37.3 Å². The molecule has 0 bridgehead atoms. The Bertz CT molecular complexity index is 719. The highest BCUT2D eigenvalue weighted by Crippen LogP contribution is 2.02. The first-order valence-corrected chi connectivity index (χ1v) is 8.97. The third-order valence-corrected chi connectivity index (χ3v) is 3.42. The molecular formula is C23H26O4. The molecule has 0 amide bonds. The third kappa shape index (κ3) is 11.9. The van der Waals surface area contributed by atoms with Crippen molar-refractivity contribution in [3.8, 4) is 0 Å². The SMILES string of the molecule is CCCCCOC(=O)C=Cc1ccccc1.O=C(O)C=Cc1ccccc1. The van der Waals surface area contributed by atoms with E-state index in [0.717, 1.165) is 36.5 Å². The van der Waals surface area contributed by atoms with Gasteiger partial charge in [0, 0.05) is 12.2 Å². The molecule has 0 fully saturated rings. The highest BCUT2D eigenvalue weighted by atomic mass is 16.5. The fourth-order valence-electron chi connectivity index (χ4n) is 2.03. The van der Waals surface area contributed by atoms with Crippen LogP contribution in [0.5, 0.6) is 0 Å². The molecule has 27 heavy (non-hydrogen) atoms. The maximum atomic E-state index is 11.3. The normalized spacial score (nSPS) is 10.4. The molecule has 0 aromatic heterocycles. The predicted molar refractivity (Wildman–Crippen MR) is 109 cm³/mol. The van der Waals surface area contributed by atoms with Gasteiger partial charge in [0.2, 0.25) is 0 Å². The lowest BCUT2D eigenvalue weighted by Crippen LogP contribution is -2.01. The molecule has 0 aliphatic rings. The quantitative estimate of drug-likeness (QED) is 0.395. The number of carboxylic acids is 1. The van der Waals surface area contributed by atoms with Crippen LogP contribution in [0.2, 0.25) is 0 Å². The van der Waals surface area contributed by atoms with Gasteiger partial charge in [0.05, 0.1) is 6.61 Å². The number of hydrogen-bond donors (Lipinski definition) is 1. The Balaban J connectivity index is 0.000000289. The molecule has 142 valence electrons. The minimum absolute atomic E-state index is 0.264. The number of carboxylic acid groups (broad SMARTS) is 1. The van der Waals surface area contributed by atoms with Gasteiger partial charge in [-0.15, -0.1) is 0 Å². The molecule has 4 heteroatoms. The average molecular weight is 366 g/mol. The number of hydrogen-bond acceptors (Lipinski definition) is 3. The molecule has 0 atom stereocenters. The number of ether oxygens (including phenoxy) is 1. The average Bonchev–Trinajstić information content (AvgIpc) is 2.70. The van der Waals surface area contributed by atoms with Crippen LogP contribution in [-0.2, 0) is 14.3 Å². The van der Waals surface area contributed by atoms with Crippen molar-refractivity contribution in [2.75, 3.05) is 6.61 Å². The number of carbonyl (C=O) groups excluding carboxylic acids is 1. The van der Waals surface area contributed by atoms with Gasteiger partial charge in [0.25, 0.3) is 0 Å². The van der Waals surface area contributed by atoms with Crippen molar-refractivity contribution in [1.82, 2.24) is 0 Å². The lowest BCUT2D eigenvalue weighted by molar-refractivity contribution is -0.137. The van der Waals surface area contributed by atoms with Gasteiger partial charge < -0.3 is 9.84 Å². The van der Waals surface area contributed by atoms with E-state index >= 15 is 0 Å². The standard InChI is InChI=1S/C14H18O2.C9H8O2/c1-2-3-7-12-16-14(15)11-10-13-8-5-4-6-9-13;10-9(11)7-6-8-4-2-1-3-5-8/h4-6,8-11H,2-3,7,12H2,1H3;1-7H,(H,10,11). The summed E-state index contributed by atoms with van der Waals surface area (Å²) in [4.78, 5) is 21.4. The van der Waals surface area contributed by atoms with E-state index in [1.165, 1.54) is 6.08 Å². The van der Waals surface area contributed by atoms with Crippen molar-refractivity contribution in [3.63, 3.8) is 0 Å². The Morgan fingerprint density at radius 2 is 1.37 bits per heavy atom. The van der Waals surface area contributed by atoms with Crippen molar-refractivity contribution in [3.05, 3.63) is 83.9 Å². The monoisotopic (exact) mass is 366 g/mol. The van der Waals surface area contributed by atoms with Crippen molar-refractivity contribution in [1.29, 1.82) is 0 Å². The van der Waals surface area contributed by atoms with Crippen LogP contribution in [0.4, 0.5) is 0 Å². The van der Waals surface area contributed by atoms with E-state index in [9.17, 15) is 9.59 Å². The van der Waals surface area contributed by atoms with E-state index in [1.54, 1.807) is 12.2 Å². The van der Waals surface area contributed by atoms with Crippen molar-refractivity contribution < 1.29 is 19.4 Å². The Kier molecular flexibility index (Phi) is 11.4. The molecule has 1 N–H and O–H groups in total. The first-order valence-electron chi connectivity index (χ1n) is 8.97. The van der Waals surface area contributed by atoms with Gasteiger partial charge in [0.15, 0.2) is 0 Å². The van der Waals surface area contributed by atoms with E-state index in [-0.39, 0.29) is 5.97 Å². The van der Waals surface area contributed by atoms with E-state index in [2.05, 4.69) is 6.92 Å². The summed E-state index contributed by atoms with van der Waals surface area (Å²) in [5.41, 5.74) is 1.91. The fraction of sp³-hybridized carbons (Fsp3) is 0.217. The van der Waals surface area contributed by atoms with Crippen LogP contribution in [0.15, 0.2) is 72.8 Å². The molecule has 0 unspecified atom stereocenters. The Hall–Kier alpha value is -3.14. The maximum Gasteiger partial charge on any atom is 0.330 e. The molecule has 0 saturated heterocycles. The number of unbranched alkanes of at least 4 members (excludes halogenated alkanes) is 2. The summed E-state index contributed by atoms with van der Waals surface area (Å²) in [5.74, 6) is -1.19. The molecular weight excluding hydrogens is 340 g/mol. The number of aliphatic carboxylic acids is 1. The second-order valence-corrected chi connectivity index (χ2v) is 5.70. The van der Waals surface area contributed by atoms with Crippen LogP contribution in [-0.4, -0.2) is 23.7 Å². The van der Waals surface area contributed by atoms with Gasteiger partial charge in [0.1, 0.15) is 0 Å². The van der Waals surface area contributed by atoms with Crippen molar-refractivity contribution >= 4 is 24.1 Å². The molecule has 0 saturated carbocycles. The molecule has 2 aromatic carbocycles. The second kappa shape index (κ2) is 14.1. The molecule has 2 aromatic rings. The summed E-state index contributed by atoms with van der Waals surface area (Å²) in [6.07, 6.45) is 9.11. The van der Waals surface area contributed by atoms with Gasteiger partial charge >= 0.3 is 11.9 Å². The van der Waals surface area contributed by atoms with Gasteiger partial charge in [-0.2, -0.15) is 0 Å². The van der Waals surface area contributed by atoms with Gasteiger partial charge in [-0.3, -0.25) is 0 Å². The molecule has 0 aliphatic carbocycles. The Morgan fingerprint density at radius 3 is 1.85 bits per heavy atom. The molecule has 0 heterocycles. The lowest BCUT2D eigenvalue weighted by Gasteiger charge is -2.00. The summed E-state index contributed by atoms with van der Waals surface area (Å²) in [6.45, 7) is 2.64. The van der Waals surface area contributed by atoms with Gasteiger partial charge in [-0.05, 0) is 29.7 Å². The summed E-state index contributed by atoms with van der Waals surface area (Å²) < 4.78 is 5.04. The van der Waals surface area contributed by atoms with E-state index < -0.39 is 5.97 Å². The van der Waals surface area contributed by atoms with Gasteiger partial charge in [-0.25, -0.2) is 9.59 Å². The number of rotatable bonds is 8. The summed E-state index contributed by atoms with van der Waals surface area (Å²) in [7, 11) is 0. The van der Waals surface area contributed by atoms with Crippen LogP contribution >= 0.6 is 0 Å². The molecule has 0 aliphatic heterocycles. The molecule has 2 rings (SSSR count). The largest absolute Gasteiger partial charge is 0.478 e. The fourth-order valence-corrected chi connectivity index (χ4v) is 2.03. The highest BCUT2D eigenvalue weighted by molar-refractivity contribution is 5.87. The zero-order chi connectivity index (χ0) is 19.7. The zero-order valence-corrected chi connectivity index (χ0v) is 15.6. The van der Waals surface area contributed by atoms with Gasteiger partial charge in [-0.1, -0.05) is 80.4 Å². The van der Waals surface area contributed by atoms with E-state index in [1.807, 2.05) is 60.7 Å². The molecule has 0 spiro atoms. The van der Waals surface area contributed by atoms with Crippen LogP contribution < -0.4 is 0 Å². The maximum absolute atomic E-state index is 11.3. The second-order valence-electron chi connectivity index (χ2n) is 5.70. The van der Waals surface area contributed by atoms with Crippen LogP contribution in [0.25, 0.3) is 12.2 Å². The van der Waals surface area contributed by atoms with Crippen LogP contribution in [0, 0.1) is 0 Å². The van der Waals surface area contributed by atoms with Crippen molar-refractivity contribution in [2.24, 2.45) is 0 Å². The first kappa shape index (κ1) is 21.9. The minimum atomic E-state index is -0.922. The molecule has 4 nitrogen and oxygen atoms in total. The Morgan fingerprint density at radius 1 is 0.852 bits per heavy atom. The van der Waals surface area contributed by atoms with Crippen molar-refractivity contribution in [2.45, 2.75) is 26.2 Å².